The number of pyridine rings is 1. The SMILES string of the molecule is N#CCOC(=O)c1c2c(nc3ccccc13)CCCCCC2. The van der Waals surface area contributed by atoms with Crippen LogP contribution in [0.1, 0.15) is 47.3 Å². The highest BCUT2D eigenvalue weighted by Gasteiger charge is 2.22. The summed E-state index contributed by atoms with van der Waals surface area (Å²) >= 11 is 0. The summed E-state index contributed by atoms with van der Waals surface area (Å²) in [5, 5.41) is 9.48. The van der Waals surface area contributed by atoms with E-state index in [9.17, 15) is 4.79 Å². The molecule has 2 aromatic rings. The van der Waals surface area contributed by atoms with Gasteiger partial charge in [0.15, 0.2) is 6.61 Å². The Morgan fingerprint density at radius 1 is 1.18 bits per heavy atom. The topological polar surface area (TPSA) is 63.0 Å². The summed E-state index contributed by atoms with van der Waals surface area (Å²) in [5.41, 5.74) is 3.46. The largest absolute Gasteiger partial charge is 0.447 e. The van der Waals surface area contributed by atoms with Crippen molar-refractivity contribution in [2.24, 2.45) is 0 Å². The van der Waals surface area contributed by atoms with Crippen molar-refractivity contribution in [3.63, 3.8) is 0 Å². The molecule has 0 saturated heterocycles. The van der Waals surface area contributed by atoms with Gasteiger partial charge in [-0.25, -0.2) is 4.79 Å². The molecular formula is C18H18N2O2. The zero-order valence-electron chi connectivity index (χ0n) is 12.5. The molecule has 1 aliphatic carbocycles. The summed E-state index contributed by atoms with van der Waals surface area (Å²) in [4.78, 5) is 17.3. The number of ether oxygens (including phenoxy) is 1. The molecule has 0 saturated carbocycles. The van der Waals surface area contributed by atoms with Crippen LogP contribution in [0.2, 0.25) is 0 Å². The van der Waals surface area contributed by atoms with Crippen molar-refractivity contribution in [2.75, 3.05) is 6.61 Å². The van der Waals surface area contributed by atoms with E-state index in [1.807, 2.05) is 30.3 Å². The lowest BCUT2D eigenvalue weighted by atomic mass is 9.91. The first-order valence-electron chi connectivity index (χ1n) is 7.76. The van der Waals surface area contributed by atoms with E-state index >= 15 is 0 Å². The molecule has 0 fully saturated rings. The van der Waals surface area contributed by atoms with E-state index in [0.717, 1.165) is 47.8 Å². The number of para-hydroxylation sites is 1. The predicted octanol–water partition coefficient (Wildman–Crippen LogP) is 3.57. The number of nitriles is 1. The molecular weight excluding hydrogens is 276 g/mol. The maximum absolute atomic E-state index is 12.5. The number of aromatic nitrogens is 1. The first-order chi connectivity index (χ1) is 10.8. The summed E-state index contributed by atoms with van der Waals surface area (Å²) in [6.07, 6.45) is 6.31. The molecule has 0 atom stereocenters. The van der Waals surface area contributed by atoms with Crippen LogP contribution < -0.4 is 0 Å². The highest BCUT2D eigenvalue weighted by Crippen LogP contribution is 2.28. The van der Waals surface area contributed by atoms with Gasteiger partial charge in [0.05, 0.1) is 11.1 Å². The highest BCUT2D eigenvalue weighted by atomic mass is 16.5. The minimum atomic E-state index is -0.406. The molecule has 4 nitrogen and oxygen atoms in total. The smallest absolute Gasteiger partial charge is 0.340 e. The Kier molecular flexibility index (Phi) is 4.34. The number of esters is 1. The summed E-state index contributed by atoms with van der Waals surface area (Å²) in [5.74, 6) is -0.406. The Morgan fingerprint density at radius 2 is 1.95 bits per heavy atom. The Hall–Kier alpha value is -2.41. The zero-order valence-corrected chi connectivity index (χ0v) is 12.5. The van der Waals surface area contributed by atoms with Crippen molar-refractivity contribution in [3.05, 3.63) is 41.1 Å². The van der Waals surface area contributed by atoms with Crippen LogP contribution in [0, 0.1) is 11.3 Å². The predicted molar refractivity (Wildman–Crippen MR) is 83.5 cm³/mol. The lowest BCUT2D eigenvalue weighted by Crippen LogP contribution is -2.14. The van der Waals surface area contributed by atoms with Crippen LogP contribution in [0.25, 0.3) is 10.9 Å². The number of fused-ring (bicyclic) bond motifs is 2. The van der Waals surface area contributed by atoms with Gasteiger partial charge in [-0.1, -0.05) is 31.0 Å². The Labute approximate surface area is 129 Å². The molecule has 3 rings (SSSR count). The fraction of sp³-hybridized carbons (Fsp3) is 0.389. The van der Waals surface area contributed by atoms with E-state index in [0.29, 0.717) is 5.56 Å². The minimum absolute atomic E-state index is 0.218. The number of rotatable bonds is 2. The van der Waals surface area contributed by atoms with E-state index in [1.165, 1.54) is 12.8 Å². The molecule has 1 aromatic heterocycles. The number of hydrogen-bond acceptors (Lipinski definition) is 4. The molecule has 0 spiro atoms. The van der Waals surface area contributed by atoms with E-state index < -0.39 is 5.97 Å². The van der Waals surface area contributed by atoms with Crippen LogP contribution in [-0.4, -0.2) is 17.6 Å². The number of nitrogens with zero attached hydrogens (tertiary/aromatic N) is 2. The van der Waals surface area contributed by atoms with Gasteiger partial charge in [0.1, 0.15) is 6.07 Å². The van der Waals surface area contributed by atoms with E-state index in [4.69, 9.17) is 15.0 Å². The lowest BCUT2D eigenvalue weighted by Gasteiger charge is -2.18. The normalized spacial score (nSPS) is 14.5. The van der Waals surface area contributed by atoms with Gasteiger partial charge in [-0.15, -0.1) is 0 Å². The third-order valence-corrected chi connectivity index (χ3v) is 4.14. The van der Waals surface area contributed by atoms with Crippen molar-refractivity contribution < 1.29 is 9.53 Å². The molecule has 112 valence electrons. The van der Waals surface area contributed by atoms with Gasteiger partial charge >= 0.3 is 5.97 Å². The second-order valence-electron chi connectivity index (χ2n) is 5.58. The molecule has 4 heteroatoms. The van der Waals surface area contributed by atoms with Crippen LogP contribution in [0.3, 0.4) is 0 Å². The lowest BCUT2D eigenvalue weighted by molar-refractivity contribution is 0.0555. The van der Waals surface area contributed by atoms with Crippen LogP contribution in [0.5, 0.6) is 0 Å². The average Bonchev–Trinajstić information content (AvgIpc) is 2.52. The molecule has 1 heterocycles. The molecule has 0 radical (unpaired) electrons. The van der Waals surface area contributed by atoms with E-state index in [1.54, 1.807) is 0 Å². The van der Waals surface area contributed by atoms with Crippen LogP contribution in [0.15, 0.2) is 24.3 Å². The van der Waals surface area contributed by atoms with Gasteiger partial charge in [-0.3, -0.25) is 4.98 Å². The molecule has 0 aliphatic heterocycles. The number of hydrogen-bond donors (Lipinski definition) is 0. The summed E-state index contributed by atoms with van der Waals surface area (Å²) in [7, 11) is 0. The second kappa shape index (κ2) is 6.57. The maximum atomic E-state index is 12.5. The summed E-state index contributed by atoms with van der Waals surface area (Å²) in [6.45, 7) is -0.218. The van der Waals surface area contributed by atoms with Gasteiger partial charge in [-0.2, -0.15) is 5.26 Å². The van der Waals surface area contributed by atoms with Crippen LogP contribution >= 0.6 is 0 Å². The quantitative estimate of drug-likeness (QED) is 0.794. The molecule has 0 N–H and O–H groups in total. The Morgan fingerprint density at radius 3 is 2.77 bits per heavy atom. The van der Waals surface area contributed by atoms with Gasteiger partial charge in [0, 0.05) is 11.1 Å². The highest BCUT2D eigenvalue weighted by molar-refractivity contribution is 6.05. The molecule has 22 heavy (non-hydrogen) atoms. The fourth-order valence-electron chi connectivity index (χ4n) is 3.13. The third-order valence-electron chi connectivity index (χ3n) is 4.14. The summed E-state index contributed by atoms with van der Waals surface area (Å²) < 4.78 is 5.10. The third kappa shape index (κ3) is 2.80. The monoisotopic (exact) mass is 294 g/mol. The molecule has 1 aliphatic rings. The summed E-state index contributed by atoms with van der Waals surface area (Å²) in [6, 6.07) is 9.52. The molecule has 0 unspecified atom stereocenters. The average molecular weight is 294 g/mol. The van der Waals surface area contributed by atoms with Crippen LogP contribution in [0.4, 0.5) is 0 Å². The van der Waals surface area contributed by atoms with Crippen molar-refractivity contribution >= 4 is 16.9 Å². The van der Waals surface area contributed by atoms with Gasteiger partial charge in [0.25, 0.3) is 0 Å². The van der Waals surface area contributed by atoms with E-state index in [-0.39, 0.29) is 6.61 Å². The number of carbonyl (C=O) groups is 1. The fourth-order valence-corrected chi connectivity index (χ4v) is 3.13. The first kappa shape index (κ1) is 14.5. The van der Waals surface area contributed by atoms with Crippen LogP contribution in [-0.2, 0) is 17.6 Å². The van der Waals surface area contributed by atoms with Crippen molar-refractivity contribution in [3.8, 4) is 6.07 Å². The van der Waals surface area contributed by atoms with Gasteiger partial charge in [-0.05, 0) is 37.3 Å². The van der Waals surface area contributed by atoms with Crippen molar-refractivity contribution in [1.29, 1.82) is 5.26 Å². The van der Waals surface area contributed by atoms with Crippen molar-refractivity contribution in [1.82, 2.24) is 4.98 Å². The first-order valence-corrected chi connectivity index (χ1v) is 7.76. The second-order valence-corrected chi connectivity index (χ2v) is 5.58. The molecule has 1 aromatic carbocycles. The number of aryl methyl sites for hydroxylation is 1. The zero-order chi connectivity index (χ0) is 15.4. The standard InChI is InChI=1S/C18H18N2O2/c19-11-12-22-18(21)17-13-7-3-1-2-4-9-15(13)20-16-10-6-5-8-14(16)17/h5-6,8,10H,1-4,7,9,12H2. The number of carbonyl (C=O) groups excluding carboxylic acids is 1. The maximum Gasteiger partial charge on any atom is 0.340 e. The van der Waals surface area contributed by atoms with Gasteiger partial charge < -0.3 is 4.74 Å². The molecule has 0 bridgehead atoms. The Balaban J connectivity index is 2.18. The van der Waals surface area contributed by atoms with Gasteiger partial charge in [0.2, 0.25) is 0 Å². The van der Waals surface area contributed by atoms with Crippen molar-refractivity contribution in [2.45, 2.75) is 38.5 Å². The Bertz CT molecular complexity index is 747. The minimum Gasteiger partial charge on any atom is -0.447 e. The molecule has 0 amide bonds. The van der Waals surface area contributed by atoms with E-state index in [2.05, 4.69) is 0 Å². The number of benzene rings is 1.